The zero-order valence-electron chi connectivity index (χ0n) is 11.7. The van der Waals surface area contributed by atoms with E-state index in [1.807, 2.05) is 52.0 Å². The smallest absolute Gasteiger partial charge is 0.407 e. The molecule has 0 saturated carbocycles. The van der Waals surface area contributed by atoms with Crippen LogP contribution in [0.15, 0.2) is 24.3 Å². The molecular weight excluding hydrogens is 357 g/mol. The highest BCUT2D eigenvalue weighted by atomic mass is 127. The van der Waals surface area contributed by atoms with Crippen LogP contribution in [0.3, 0.4) is 0 Å². The molecule has 1 aromatic rings. The van der Waals surface area contributed by atoms with Gasteiger partial charge in [-0.25, -0.2) is 4.79 Å². The van der Waals surface area contributed by atoms with Crippen LogP contribution in [0.25, 0.3) is 0 Å². The number of rotatable bonds is 4. The van der Waals surface area contributed by atoms with Crippen LogP contribution in [0.4, 0.5) is 4.79 Å². The van der Waals surface area contributed by atoms with Crippen LogP contribution in [0, 0.1) is 3.57 Å². The maximum atomic E-state index is 11.5. The number of hydrogen-bond donors (Lipinski definition) is 1. The first-order valence-electron chi connectivity index (χ1n) is 6.14. The number of ether oxygens (including phenoxy) is 2. The molecule has 19 heavy (non-hydrogen) atoms. The molecule has 1 rings (SSSR count). The molecule has 0 aliphatic rings. The number of halogens is 1. The molecule has 5 heteroatoms. The molecule has 1 aromatic carbocycles. The summed E-state index contributed by atoms with van der Waals surface area (Å²) in [6.45, 7) is 7.77. The first-order valence-corrected chi connectivity index (χ1v) is 7.22. The first-order chi connectivity index (χ1) is 8.76. The second-order valence-corrected chi connectivity index (χ2v) is 6.56. The molecule has 0 aliphatic carbocycles. The monoisotopic (exact) mass is 377 g/mol. The molecule has 0 fully saturated rings. The van der Waals surface area contributed by atoms with E-state index in [1.54, 1.807) is 0 Å². The van der Waals surface area contributed by atoms with Crippen LogP contribution in [-0.4, -0.2) is 24.3 Å². The Morgan fingerprint density at radius 3 is 2.42 bits per heavy atom. The number of carbonyl (C=O) groups is 1. The van der Waals surface area contributed by atoms with E-state index in [0.717, 1.165) is 9.32 Å². The average Bonchev–Trinajstić information content (AvgIpc) is 2.25. The maximum absolute atomic E-state index is 11.5. The summed E-state index contributed by atoms with van der Waals surface area (Å²) in [6, 6.07) is 7.64. The van der Waals surface area contributed by atoms with Gasteiger partial charge in [0.2, 0.25) is 0 Å². The van der Waals surface area contributed by atoms with E-state index >= 15 is 0 Å². The first kappa shape index (κ1) is 16.1. The van der Waals surface area contributed by atoms with E-state index in [0.29, 0.717) is 6.61 Å². The van der Waals surface area contributed by atoms with Crippen molar-refractivity contribution in [2.24, 2.45) is 0 Å². The van der Waals surface area contributed by atoms with Crippen LogP contribution in [0.5, 0.6) is 5.75 Å². The standard InChI is InChI=1S/C14H20INO3/c1-10(16-13(17)19-14(2,3)4)9-18-12-7-5-11(15)6-8-12/h5-8,10H,9H2,1-4H3,(H,16,17)/t10-/m0/s1. The Kier molecular flexibility index (Phi) is 5.90. The Hall–Kier alpha value is -0.980. The number of nitrogens with one attached hydrogen (secondary N) is 1. The van der Waals surface area contributed by atoms with Gasteiger partial charge in [0.05, 0.1) is 6.04 Å². The summed E-state index contributed by atoms with van der Waals surface area (Å²) in [6.07, 6.45) is -0.425. The Bertz CT molecular complexity index is 412. The topological polar surface area (TPSA) is 47.6 Å². The van der Waals surface area contributed by atoms with Gasteiger partial charge in [0.1, 0.15) is 18.0 Å². The Labute approximate surface area is 128 Å². The molecule has 0 spiro atoms. The minimum absolute atomic E-state index is 0.117. The molecule has 0 bridgehead atoms. The lowest BCUT2D eigenvalue weighted by molar-refractivity contribution is 0.0494. The van der Waals surface area contributed by atoms with Gasteiger partial charge in [-0.05, 0) is 74.6 Å². The third kappa shape index (κ3) is 7.25. The molecule has 106 valence electrons. The molecule has 1 N–H and O–H groups in total. The summed E-state index contributed by atoms with van der Waals surface area (Å²) in [5.41, 5.74) is -0.485. The Morgan fingerprint density at radius 1 is 1.32 bits per heavy atom. The normalized spacial score (nSPS) is 12.7. The minimum Gasteiger partial charge on any atom is -0.491 e. The minimum atomic E-state index is -0.485. The van der Waals surface area contributed by atoms with Gasteiger partial charge in [-0.2, -0.15) is 0 Å². The highest BCUT2D eigenvalue weighted by Gasteiger charge is 2.17. The fraction of sp³-hybridized carbons (Fsp3) is 0.500. The summed E-state index contributed by atoms with van der Waals surface area (Å²) in [5.74, 6) is 0.790. The lowest BCUT2D eigenvalue weighted by Crippen LogP contribution is -2.40. The molecule has 0 heterocycles. The van der Waals surface area contributed by atoms with E-state index in [-0.39, 0.29) is 6.04 Å². The predicted molar refractivity (Wildman–Crippen MR) is 83.5 cm³/mol. The highest BCUT2D eigenvalue weighted by molar-refractivity contribution is 14.1. The molecule has 1 atom stereocenters. The molecular formula is C14H20INO3. The van der Waals surface area contributed by atoms with E-state index in [9.17, 15) is 4.79 Å². The summed E-state index contributed by atoms with van der Waals surface area (Å²) >= 11 is 2.24. The van der Waals surface area contributed by atoms with Crippen LogP contribution < -0.4 is 10.1 Å². The van der Waals surface area contributed by atoms with Crippen molar-refractivity contribution in [1.82, 2.24) is 5.32 Å². The summed E-state index contributed by atoms with van der Waals surface area (Å²) < 4.78 is 11.9. The second-order valence-electron chi connectivity index (χ2n) is 5.31. The second kappa shape index (κ2) is 6.98. The van der Waals surface area contributed by atoms with E-state index in [1.165, 1.54) is 0 Å². The number of hydrogen-bond acceptors (Lipinski definition) is 3. The zero-order chi connectivity index (χ0) is 14.5. The van der Waals surface area contributed by atoms with Crippen molar-refractivity contribution in [2.75, 3.05) is 6.61 Å². The van der Waals surface area contributed by atoms with Crippen molar-refractivity contribution in [3.63, 3.8) is 0 Å². The van der Waals surface area contributed by atoms with Gasteiger partial charge >= 0.3 is 6.09 Å². The zero-order valence-corrected chi connectivity index (χ0v) is 13.9. The third-order valence-corrected chi connectivity index (χ3v) is 2.80. The van der Waals surface area contributed by atoms with Crippen LogP contribution >= 0.6 is 22.6 Å². The molecule has 0 saturated heterocycles. The Balaban J connectivity index is 2.33. The largest absolute Gasteiger partial charge is 0.491 e. The summed E-state index contributed by atoms with van der Waals surface area (Å²) in [4.78, 5) is 11.5. The number of alkyl carbamates (subject to hydrolysis) is 1. The summed E-state index contributed by atoms with van der Waals surface area (Å²) in [7, 11) is 0. The molecule has 0 unspecified atom stereocenters. The lowest BCUT2D eigenvalue weighted by atomic mass is 10.2. The summed E-state index contributed by atoms with van der Waals surface area (Å²) in [5, 5.41) is 2.73. The van der Waals surface area contributed by atoms with Crippen molar-refractivity contribution in [3.8, 4) is 5.75 Å². The van der Waals surface area contributed by atoms with Crippen LogP contribution in [-0.2, 0) is 4.74 Å². The third-order valence-electron chi connectivity index (χ3n) is 2.08. The van der Waals surface area contributed by atoms with Gasteiger partial charge < -0.3 is 14.8 Å². The number of amides is 1. The highest BCUT2D eigenvalue weighted by Crippen LogP contribution is 2.13. The molecule has 0 aromatic heterocycles. The van der Waals surface area contributed by atoms with E-state index in [4.69, 9.17) is 9.47 Å². The fourth-order valence-corrected chi connectivity index (χ4v) is 1.66. The Morgan fingerprint density at radius 2 is 1.89 bits per heavy atom. The van der Waals surface area contributed by atoms with Crippen molar-refractivity contribution in [2.45, 2.75) is 39.3 Å². The van der Waals surface area contributed by atoms with E-state index < -0.39 is 11.7 Å². The molecule has 1 amide bonds. The van der Waals surface area contributed by atoms with Gasteiger partial charge in [-0.15, -0.1) is 0 Å². The SMILES string of the molecule is C[C@@H](COc1ccc(I)cc1)NC(=O)OC(C)(C)C. The van der Waals surface area contributed by atoms with Gasteiger partial charge in [-0.3, -0.25) is 0 Å². The van der Waals surface area contributed by atoms with Gasteiger partial charge in [0.15, 0.2) is 0 Å². The van der Waals surface area contributed by atoms with Gasteiger partial charge in [0, 0.05) is 3.57 Å². The van der Waals surface area contributed by atoms with Crippen LogP contribution in [0.2, 0.25) is 0 Å². The van der Waals surface area contributed by atoms with Gasteiger partial charge in [-0.1, -0.05) is 0 Å². The van der Waals surface area contributed by atoms with Crippen molar-refractivity contribution in [3.05, 3.63) is 27.8 Å². The van der Waals surface area contributed by atoms with Gasteiger partial charge in [0.25, 0.3) is 0 Å². The fourth-order valence-electron chi connectivity index (χ4n) is 1.30. The van der Waals surface area contributed by atoms with Crippen molar-refractivity contribution >= 4 is 28.7 Å². The van der Waals surface area contributed by atoms with Crippen LogP contribution in [0.1, 0.15) is 27.7 Å². The lowest BCUT2D eigenvalue weighted by Gasteiger charge is -2.22. The van der Waals surface area contributed by atoms with E-state index in [2.05, 4.69) is 27.9 Å². The predicted octanol–water partition coefficient (Wildman–Crippen LogP) is 3.58. The van der Waals surface area contributed by atoms with Crippen molar-refractivity contribution < 1.29 is 14.3 Å². The quantitative estimate of drug-likeness (QED) is 0.816. The maximum Gasteiger partial charge on any atom is 0.407 e. The number of benzene rings is 1. The molecule has 0 aliphatic heterocycles. The molecule has 4 nitrogen and oxygen atoms in total. The average molecular weight is 377 g/mol. The molecule has 0 radical (unpaired) electrons. The van der Waals surface area contributed by atoms with Crippen molar-refractivity contribution in [1.29, 1.82) is 0 Å². The number of carbonyl (C=O) groups excluding carboxylic acids is 1.